The van der Waals surface area contributed by atoms with Crippen LogP contribution in [0.15, 0.2) is 18.2 Å². The van der Waals surface area contributed by atoms with Crippen LogP contribution in [0.5, 0.6) is 0 Å². The van der Waals surface area contributed by atoms with Crippen molar-refractivity contribution in [1.82, 2.24) is 0 Å². The van der Waals surface area contributed by atoms with E-state index in [1.54, 1.807) is 0 Å². The van der Waals surface area contributed by atoms with E-state index >= 15 is 0 Å². The minimum atomic E-state index is 0.0269. The van der Waals surface area contributed by atoms with Crippen molar-refractivity contribution in [2.45, 2.75) is 20.8 Å². The van der Waals surface area contributed by atoms with Crippen molar-refractivity contribution in [3.05, 3.63) is 34.9 Å². The summed E-state index contributed by atoms with van der Waals surface area (Å²) in [5, 5.41) is 0. The Morgan fingerprint density at radius 3 is 2.53 bits per heavy atom. The molecule has 0 radical (unpaired) electrons. The number of benzene rings is 1. The van der Waals surface area contributed by atoms with Gasteiger partial charge in [0.1, 0.15) is 6.61 Å². The monoisotopic (exact) mass is 236 g/mol. The summed E-state index contributed by atoms with van der Waals surface area (Å²) in [6.07, 6.45) is 0. The summed E-state index contributed by atoms with van der Waals surface area (Å²) in [4.78, 5) is 11.8. The molecule has 3 heteroatoms. The topological polar surface area (TPSA) is 35.5 Å². The Morgan fingerprint density at radius 2 is 1.88 bits per heavy atom. The van der Waals surface area contributed by atoms with Gasteiger partial charge in [-0.3, -0.25) is 4.79 Å². The fourth-order valence-electron chi connectivity index (χ4n) is 1.63. The van der Waals surface area contributed by atoms with E-state index in [-0.39, 0.29) is 12.4 Å². The minimum absolute atomic E-state index is 0.0269. The summed E-state index contributed by atoms with van der Waals surface area (Å²) in [6, 6.07) is 5.81. The van der Waals surface area contributed by atoms with Crippen LogP contribution in [-0.2, 0) is 9.47 Å². The first-order valence-electron chi connectivity index (χ1n) is 5.91. The molecule has 0 aliphatic heterocycles. The van der Waals surface area contributed by atoms with Crippen LogP contribution >= 0.6 is 0 Å². The summed E-state index contributed by atoms with van der Waals surface area (Å²) >= 11 is 0. The molecule has 0 spiro atoms. The van der Waals surface area contributed by atoms with Gasteiger partial charge in [-0.25, -0.2) is 0 Å². The average molecular weight is 236 g/mol. The summed E-state index contributed by atoms with van der Waals surface area (Å²) in [5.74, 6) is 0.0269. The zero-order chi connectivity index (χ0) is 12.7. The fourth-order valence-corrected chi connectivity index (χ4v) is 1.63. The maximum atomic E-state index is 11.8. The van der Waals surface area contributed by atoms with Crippen molar-refractivity contribution >= 4 is 5.78 Å². The number of ketones is 1. The number of aryl methyl sites for hydroxylation is 2. The standard InChI is InChI=1S/C14H20O3/c1-4-16-7-8-17-10-14(15)13-6-5-11(2)9-12(13)3/h5-6,9H,4,7-8,10H2,1-3H3. The van der Waals surface area contributed by atoms with Crippen molar-refractivity contribution in [3.63, 3.8) is 0 Å². The highest BCUT2D eigenvalue weighted by atomic mass is 16.5. The van der Waals surface area contributed by atoms with Gasteiger partial charge in [-0.15, -0.1) is 0 Å². The van der Waals surface area contributed by atoms with Crippen LogP contribution in [0, 0.1) is 13.8 Å². The van der Waals surface area contributed by atoms with E-state index in [4.69, 9.17) is 9.47 Å². The SMILES string of the molecule is CCOCCOCC(=O)c1ccc(C)cc1C. The molecular weight excluding hydrogens is 216 g/mol. The van der Waals surface area contributed by atoms with Crippen molar-refractivity contribution in [2.75, 3.05) is 26.4 Å². The predicted octanol–water partition coefficient (Wildman–Crippen LogP) is 2.54. The lowest BCUT2D eigenvalue weighted by Gasteiger charge is -2.07. The minimum Gasteiger partial charge on any atom is -0.379 e. The number of rotatable bonds is 7. The molecule has 1 aromatic carbocycles. The van der Waals surface area contributed by atoms with Gasteiger partial charge in [0.2, 0.25) is 0 Å². The molecule has 0 aliphatic rings. The molecule has 0 bridgehead atoms. The summed E-state index contributed by atoms with van der Waals surface area (Å²) in [7, 11) is 0. The van der Waals surface area contributed by atoms with Gasteiger partial charge in [0.05, 0.1) is 13.2 Å². The molecule has 0 atom stereocenters. The predicted molar refractivity (Wildman–Crippen MR) is 67.6 cm³/mol. The third kappa shape index (κ3) is 4.67. The lowest BCUT2D eigenvalue weighted by molar-refractivity contribution is 0.0474. The summed E-state index contributed by atoms with van der Waals surface area (Å²) in [5.41, 5.74) is 2.91. The van der Waals surface area contributed by atoms with Gasteiger partial charge >= 0.3 is 0 Å². The first-order valence-corrected chi connectivity index (χ1v) is 5.91. The van der Waals surface area contributed by atoms with Crippen LogP contribution in [0.2, 0.25) is 0 Å². The summed E-state index contributed by atoms with van der Waals surface area (Å²) in [6.45, 7) is 7.69. The Bertz CT molecular complexity index is 372. The maximum Gasteiger partial charge on any atom is 0.188 e. The maximum absolute atomic E-state index is 11.8. The van der Waals surface area contributed by atoms with Gasteiger partial charge in [0.15, 0.2) is 5.78 Å². The van der Waals surface area contributed by atoms with Gasteiger partial charge in [-0.1, -0.05) is 23.8 Å². The zero-order valence-electron chi connectivity index (χ0n) is 10.8. The van der Waals surface area contributed by atoms with Crippen molar-refractivity contribution < 1.29 is 14.3 Å². The molecule has 0 heterocycles. The van der Waals surface area contributed by atoms with Crippen LogP contribution in [0.25, 0.3) is 0 Å². The van der Waals surface area contributed by atoms with E-state index in [1.807, 2.05) is 39.0 Å². The zero-order valence-corrected chi connectivity index (χ0v) is 10.8. The number of hydrogen-bond acceptors (Lipinski definition) is 3. The molecule has 0 fully saturated rings. The third-order valence-electron chi connectivity index (χ3n) is 2.49. The van der Waals surface area contributed by atoms with Crippen LogP contribution in [0.1, 0.15) is 28.4 Å². The third-order valence-corrected chi connectivity index (χ3v) is 2.49. The van der Waals surface area contributed by atoms with Gasteiger partial charge in [0, 0.05) is 12.2 Å². The first-order chi connectivity index (χ1) is 8.15. The molecule has 0 N–H and O–H groups in total. The van der Waals surface area contributed by atoms with Crippen LogP contribution in [0.4, 0.5) is 0 Å². The average Bonchev–Trinajstić information content (AvgIpc) is 2.28. The quantitative estimate of drug-likeness (QED) is 0.539. The molecule has 0 saturated heterocycles. The molecular formula is C14H20O3. The van der Waals surface area contributed by atoms with E-state index in [0.717, 1.165) is 16.7 Å². The molecule has 0 amide bonds. The number of hydrogen-bond donors (Lipinski definition) is 0. The van der Waals surface area contributed by atoms with Crippen LogP contribution in [-0.4, -0.2) is 32.2 Å². The highest BCUT2D eigenvalue weighted by Crippen LogP contribution is 2.11. The Labute approximate surface area is 103 Å². The van der Waals surface area contributed by atoms with Gasteiger partial charge < -0.3 is 9.47 Å². The second-order valence-corrected chi connectivity index (χ2v) is 3.99. The van der Waals surface area contributed by atoms with Gasteiger partial charge in [-0.2, -0.15) is 0 Å². The Morgan fingerprint density at radius 1 is 1.18 bits per heavy atom. The Balaban J connectivity index is 2.42. The van der Waals surface area contributed by atoms with E-state index in [1.165, 1.54) is 0 Å². The normalized spacial score (nSPS) is 10.5. The number of Topliss-reactive ketones (excluding diaryl/α,β-unsaturated/α-hetero) is 1. The molecule has 0 aromatic heterocycles. The molecule has 94 valence electrons. The molecule has 0 aliphatic carbocycles. The molecule has 0 saturated carbocycles. The van der Waals surface area contributed by atoms with Crippen molar-refractivity contribution in [1.29, 1.82) is 0 Å². The van der Waals surface area contributed by atoms with Gasteiger partial charge in [0.25, 0.3) is 0 Å². The molecule has 3 nitrogen and oxygen atoms in total. The second kappa shape index (κ2) is 7.20. The molecule has 0 unspecified atom stereocenters. The Hall–Kier alpha value is -1.19. The lowest BCUT2D eigenvalue weighted by atomic mass is 10.0. The highest BCUT2D eigenvalue weighted by molar-refractivity contribution is 5.98. The molecule has 17 heavy (non-hydrogen) atoms. The van der Waals surface area contributed by atoms with Crippen molar-refractivity contribution in [2.24, 2.45) is 0 Å². The van der Waals surface area contributed by atoms with E-state index < -0.39 is 0 Å². The van der Waals surface area contributed by atoms with E-state index in [9.17, 15) is 4.79 Å². The van der Waals surface area contributed by atoms with E-state index in [0.29, 0.717) is 19.8 Å². The molecule has 1 rings (SSSR count). The fraction of sp³-hybridized carbons (Fsp3) is 0.500. The number of carbonyl (C=O) groups is 1. The highest BCUT2D eigenvalue weighted by Gasteiger charge is 2.08. The van der Waals surface area contributed by atoms with Gasteiger partial charge in [-0.05, 0) is 26.3 Å². The largest absolute Gasteiger partial charge is 0.379 e. The first kappa shape index (κ1) is 13.9. The van der Waals surface area contributed by atoms with Crippen molar-refractivity contribution in [3.8, 4) is 0 Å². The van der Waals surface area contributed by atoms with Crippen LogP contribution in [0.3, 0.4) is 0 Å². The Kier molecular flexibility index (Phi) is 5.87. The van der Waals surface area contributed by atoms with E-state index in [2.05, 4.69) is 0 Å². The smallest absolute Gasteiger partial charge is 0.188 e. The molecule has 1 aromatic rings. The van der Waals surface area contributed by atoms with Crippen LogP contribution < -0.4 is 0 Å². The lowest BCUT2D eigenvalue weighted by Crippen LogP contribution is -2.13. The number of ether oxygens (including phenoxy) is 2. The second-order valence-electron chi connectivity index (χ2n) is 3.99. The number of carbonyl (C=O) groups excluding carboxylic acids is 1. The summed E-state index contributed by atoms with van der Waals surface area (Å²) < 4.78 is 10.4.